The van der Waals surface area contributed by atoms with Crippen molar-refractivity contribution in [3.63, 3.8) is 0 Å². The molecule has 2 rings (SSSR count). The van der Waals surface area contributed by atoms with Gasteiger partial charge in [-0.05, 0) is 37.3 Å². The van der Waals surface area contributed by atoms with Crippen molar-refractivity contribution < 1.29 is 4.79 Å². The van der Waals surface area contributed by atoms with Crippen molar-refractivity contribution in [2.75, 3.05) is 41.8 Å². The Morgan fingerprint density at radius 3 is 3.05 bits per heavy atom. The van der Waals surface area contributed by atoms with E-state index < -0.39 is 0 Å². The Labute approximate surface area is 118 Å². The van der Waals surface area contributed by atoms with Crippen molar-refractivity contribution in [1.82, 2.24) is 5.32 Å². The molecule has 1 aliphatic heterocycles. The number of amides is 1. The Balaban J connectivity index is 2.22. The minimum absolute atomic E-state index is 0.0343. The van der Waals surface area contributed by atoms with Crippen LogP contribution in [0.15, 0.2) is 18.2 Å². The largest absolute Gasteiger partial charge is 0.397 e. The molecule has 0 unspecified atom stereocenters. The summed E-state index contributed by atoms with van der Waals surface area (Å²) in [6.07, 6.45) is 1.16. The molecule has 5 heteroatoms. The average Bonchev–Trinajstić information content (AvgIpc) is 2.68. The molecule has 0 spiro atoms. The monoisotopic (exact) mass is 279 g/mol. The standard InChI is InChI=1S/C14H21N3OS/c1-2-16-14(18)11-4-5-12(15)13(10-11)17-6-3-8-19-9-7-17/h4-5,10H,2-3,6-9,15H2,1H3,(H,16,18). The maximum absolute atomic E-state index is 11.9. The van der Waals surface area contributed by atoms with Gasteiger partial charge in [-0.3, -0.25) is 4.79 Å². The van der Waals surface area contributed by atoms with E-state index in [9.17, 15) is 4.79 Å². The summed E-state index contributed by atoms with van der Waals surface area (Å²) in [5.74, 6) is 2.28. The predicted octanol–water partition coefficient (Wildman–Crippen LogP) is 1.96. The van der Waals surface area contributed by atoms with Crippen molar-refractivity contribution in [2.45, 2.75) is 13.3 Å². The van der Waals surface area contributed by atoms with Crippen molar-refractivity contribution in [3.8, 4) is 0 Å². The maximum atomic E-state index is 11.9. The van der Waals surface area contributed by atoms with Crippen molar-refractivity contribution in [2.24, 2.45) is 0 Å². The van der Waals surface area contributed by atoms with Crippen LogP contribution in [0.1, 0.15) is 23.7 Å². The fraction of sp³-hybridized carbons (Fsp3) is 0.500. The number of nitrogens with two attached hydrogens (primary N) is 1. The number of rotatable bonds is 3. The Morgan fingerprint density at radius 2 is 2.26 bits per heavy atom. The number of hydrogen-bond acceptors (Lipinski definition) is 4. The van der Waals surface area contributed by atoms with Gasteiger partial charge >= 0.3 is 0 Å². The molecular formula is C14H21N3OS. The van der Waals surface area contributed by atoms with Gasteiger partial charge in [0.05, 0.1) is 11.4 Å². The number of thioether (sulfide) groups is 1. The summed E-state index contributed by atoms with van der Waals surface area (Å²) < 4.78 is 0. The number of benzene rings is 1. The number of anilines is 2. The first-order valence-electron chi connectivity index (χ1n) is 6.72. The molecule has 3 N–H and O–H groups in total. The van der Waals surface area contributed by atoms with Gasteiger partial charge in [-0.25, -0.2) is 0 Å². The van der Waals surface area contributed by atoms with Crippen LogP contribution in [0, 0.1) is 0 Å². The minimum atomic E-state index is -0.0343. The fourth-order valence-electron chi connectivity index (χ4n) is 2.21. The highest BCUT2D eigenvalue weighted by Crippen LogP contribution is 2.26. The lowest BCUT2D eigenvalue weighted by molar-refractivity contribution is 0.0956. The summed E-state index contributed by atoms with van der Waals surface area (Å²) >= 11 is 1.98. The van der Waals surface area contributed by atoms with Crippen molar-refractivity contribution in [3.05, 3.63) is 23.8 Å². The number of carbonyl (C=O) groups excluding carboxylic acids is 1. The average molecular weight is 279 g/mol. The molecule has 0 aliphatic carbocycles. The van der Waals surface area contributed by atoms with E-state index in [4.69, 9.17) is 5.73 Å². The molecule has 1 aromatic carbocycles. The van der Waals surface area contributed by atoms with Crippen LogP contribution in [0.3, 0.4) is 0 Å². The topological polar surface area (TPSA) is 58.4 Å². The molecule has 19 heavy (non-hydrogen) atoms. The van der Waals surface area contributed by atoms with Crippen LogP contribution in [0.25, 0.3) is 0 Å². The van der Waals surface area contributed by atoms with E-state index in [2.05, 4.69) is 10.2 Å². The molecular weight excluding hydrogens is 258 g/mol. The molecule has 1 fully saturated rings. The van der Waals surface area contributed by atoms with Crippen LogP contribution in [-0.2, 0) is 0 Å². The fourth-order valence-corrected chi connectivity index (χ4v) is 3.10. The second-order valence-corrected chi connectivity index (χ2v) is 5.81. The molecule has 4 nitrogen and oxygen atoms in total. The minimum Gasteiger partial charge on any atom is -0.397 e. The van der Waals surface area contributed by atoms with E-state index in [1.807, 2.05) is 30.8 Å². The van der Waals surface area contributed by atoms with Gasteiger partial charge < -0.3 is 16.0 Å². The summed E-state index contributed by atoms with van der Waals surface area (Å²) in [6, 6.07) is 5.53. The zero-order valence-electron chi connectivity index (χ0n) is 11.3. The summed E-state index contributed by atoms with van der Waals surface area (Å²) in [4.78, 5) is 14.2. The summed E-state index contributed by atoms with van der Waals surface area (Å²) in [6.45, 7) is 4.56. The molecule has 0 saturated carbocycles. The van der Waals surface area contributed by atoms with E-state index in [1.54, 1.807) is 6.07 Å². The highest BCUT2D eigenvalue weighted by atomic mass is 32.2. The van der Waals surface area contributed by atoms with Crippen LogP contribution >= 0.6 is 11.8 Å². The molecule has 1 amide bonds. The first kappa shape index (κ1) is 14.1. The predicted molar refractivity (Wildman–Crippen MR) is 83.0 cm³/mol. The Hall–Kier alpha value is -1.36. The highest BCUT2D eigenvalue weighted by molar-refractivity contribution is 7.99. The molecule has 0 radical (unpaired) electrons. The van der Waals surface area contributed by atoms with Gasteiger partial charge in [-0.15, -0.1) is 0 Å². The second kappa shape index (κ2) is 6.70. The van der Waals surface area contributed by atoms with Crippen molar-refractivity contribution >= 4 is 29.0 Å². The van der Waals surface area contributed by atoms with E-state index >= 15 is 0 Å². The third-order valence-corrected chi connectivity index (χ3v) is 4.24. The van der Waals surface area contributed by atoms with E-state index in [0.717, 1.165) is 36.6 Å². The normalized spacial score (nSPS) is 15.9. The molecule has 0 bridgehead atoms. The summed E-state index contributed by atoms with van der Waals surface area (Å²) in [5, 5.41) is 2.82. The van der Waals surface area contributed by atoms with Crippen LogP contribution in [0.4, 0.5) is 11.4 Å². The summed E-state index contributed by atoms with van der Waals surface area (Å²) in [5.41, 5.74) is 8.49. The third kappa shape index (κ3) is 3.56. The summed E-state index contributed by atoms with van der Waals surface area (Å²) in [7, 11) is 0. The first-order chi connectivity index (χ1) is 9.22. The lowest BCUT2D eigenvalue weighted by Gasteiger charge is -2.24. The zero-order chi connectivity index (χ0) is 13.7. The van der Waals surface area contributed by atoms with Crippen LogP contribution in [-0.4, -0.2) is 37.0 Å². The van der Waals surface area contributed by atoms with E-state index in [0.29, 0.717) is 12.1 Å². The zero-order valence-corrected chi connectivity index (χ0v) is 12.1. The van der Waals surface area contributed by atoms with E-state index in [-0.39, 0.29) is 5.91 Å². The molecule has 0 aromatic heterocycles. The number of hydrogen-bond donors (Lipinski definition) is 2. The van der Waals surface area contributed by atoms with Gasteiger partial charge in [0, 0.05) is 31.0 Å². The number of nitrogens with one attached hydrogen (secondary N) is 1. The number of nitrogens with zero attached hydrogens (tertiary/aromatic N) is 1. The van der Waals surface area contributed by atoms with Crippen LogP contribution in [0.5, 0.6) is 0 Å². The molecule has 1 heterocycles. The van der Waals surface area contributed by atoms with Crippen molar-refractivity contribution in [1.29, 1.82) is 0 Å². The highest BCUT2D eigenvalue weighted by Gasteiger charge is 2.15. The van der Waals surface area contributed by atoms with Gasteiger partial charge in [0.25, 0.3) is 5.91 Å². The van der Waals surface area contributed by atoms with Gasteiger partial charge in [0.15, 0.2) is 0 Å². The van der Waals surface area contributed by atoms with Gasteiger partial charge in [0.1, 0.15) is 0 Å². The SMILES string of the molecule is CCNC(=O)c1ccc(N)c(N2CCCSCC2)c1. The molecule has 0 atom stereocenters. The molecule has 1 aromatic rings. The van der Waals surface area contributed by atoms with Gasteiger partial charge in [0.2, 0.25) is 0 Å². The quantitative estimate of drug-likeness (QED) is 0.831. The second-order valence-electron chi connectivity index (χ2n) is 4.59. The Morgan fingerprint density at radius 1 is 1.42 bits per heavy atom. The first-order valence-corrected chi connectivity index (χ1v) is 7.88. The number of nitrogen functional groups attached to an aromatic ring is 1. The maximum Gasteiger partial charge on any atom is 0.251 e. The third-order valence-electron chi connectivity index (χ3n) is 3.19. The lowest BCUT2D eigenvalue weighted by atomic mass is 10.1. The molecule has 1 saturated heterocycles. The lowest BCUT2D eigenvalue weighted by Crippen LogP contribution is -2.27. The molecule has 1 aliphatic rings. The van der Waals surface area contributed by atoms with Gasteiger partial charge in [-0.2, -0.15) is 11.8 Å². The Kier molecular flexibility index (Phi) is 4.96. The Bertz CT molecular complexity index is 442. The van der Waals surface area contributed by atoms with Gasteiger partial charge in [-0.1, -0.05) is 0 Å². The number of carbonyl (C=O) groups is 1. The molecule has 104 valence electrons. The van der Waals surface area contributed by atoms with Crippen LogP contribution in [0.2, 0.25) is 0 Å². The van der Waals surface area contributed by atoms with E-state index in [1.165, 1.54) is 5.75 Å². The van der Waals surface area contributed by atoms with Crippen LogP contribution < -0.4 is 16.0 Å². The smallest absolute Gasteiger partial charge is 0.251 e.